The molecule has 1 fully saturated rings. The molecule has 0 aliphatic carbocycles. The van der Waals surface area contributed by atoms with Gasteiger partial charge in [0.25, 0.3) is 5.91 Å². The maximum atomic E-state index is 11.3. The molecule has 1 aliphatic rings. The first-order valence-electron chi connectivity index (χ1n) is 5.55. The molecule has 0 aromatic carbocycles. The molecule has 1 amide bonds. The van der Waals surface area contributed by atoms with Crippen molar-refractivity contribution >= 4 is 17.7 Å². The van der Waals surface area contributed by atoms with Crippen LogP contribution >= 0.6 is 11.8 Å². The van der Waals surface area contributed by atoms with Crippen LogP contribution in [0.5, 0.6) is 0 Å². The van der Waals surface area contributed by atoms with Crippen LogP contribution < -0.4 is 10.8 Å². The van der Waals surface area contributed by atoms with Gasteiger partial charge in [-0.15, -0.1) is 11.8 Å². The molecule has 0 spiro atoms. The summed E-state index contributed by atoms with van der Waals surface area (Å²) in [6.07, 6.45) is 2.28. The third-order valence-electron chi connectivity index (χ3n) is 2.31. The van der Waals surface area contributed by atoms with Crippen LogP contribution in [0.3, 0.4) is 0 Å². The molecule has 16 heavy (non-hydrogen) atoms. The smallest absolute Gasteiger partial charge is 0.253 e. The van der Waals surface area contributed by atoms with Crippen molar-refractivity contribution in [3.63, 3.8) is 0 Å². The second kappa shape index (κ2) is 8.81. The van der Waals surface area contributed by atoms with Gasteiger partial charge in [-0.3, -0.25) is 9.63 Å². The summed E-state index contributed by atoms with van der Waals surface area (Å²) in [4.78, 5) is 16.3. The van der Waals surface area contributed by atoms with Crippen molar-refractivity contribution < 1.29 is 14.4 Å². The largest absolute Gasteiger partial charge is 0.382 e. The Morgan fingerprint density at radius 3 is 2.88 bits per heavy atom. The number of ether oxygens (including phenoxy) is 1. The van der Waals surface area contributed by atoms with Crippen LogP contribution in [0, 0.1) is 0 Å². The Hall–Kier alpha value is -0.300. The van der Waals surface area contributed by atoms with Crippen molar-refractivity contribution in [2.24, 2.45) is 0 Å². The van der Waals surface area contributed by atoms with Crippen LogP contribution in [-0.2, 0) is 14.4 Å². The van der Waals surface area contributed by atoms with Gasteiger partial charge < -0.3 is 10.1 Å². The number of nitrogens with one attached hydrogen (secondary N) is 2. The van der Waals surface area contributed by atoms with Gasteiger partial charge >= 0.3 is 0 Å². The van der Waals surface area contributed by atoms with Crippen LogP contribution in [0.1, 0.15) is 12.8 Å². The second-order valence-electron chi connectivity index (χ2n) is 3.63. The fraction of sp³-hybridized carbons (Fsp3) is 0.900. The highest BCUT2D eigenvalue weighted by molar-refractivity contribution is 8.00. The molecule has 5 nitrogen and oxygen atoms in total. The normalized spacial score (nSPS) is 17.3. The molecule has 0 atom stereocenters. The summed E-state index contributed by atoms with van der Waals surface area (Å²) in [5.41, 5.74) is 2.40. The number of piperidine rings is 1. The van der Waals surface area contributed by atoms with Gasteiger partial charge in [-0.2, -0.15) is 0 Å². The zero-order valence-corrected chi connectivity index (χ0v) is 10.5. The molecule has 94 valence electrons. The van der Waals surface area contributed by atoms with Crippen molar-refractivity contribution in [2.45, 2.75) is 18.1 Å². The van der Waals surface area contributed by atoms with E-state index in [1.54, 1.807) is 18.9 Å². The Balaban J connectivity index is 1.96. The summed E-state index contributed by atoms with van der Waals surface area (Å²) in [5, 5.41) is 3.90. The van der Waals surface area contributed by atoms with Gasteiger partial charge in [0, 0.05) is 12.4 Å². The number of thioether (sulfide) groups is 1. The van der Waals surface area contributed by atoms with Gasteiger partial charge in [0.2, 0.25) is 0 Å². The van der Waals surface area contributed by atoms with Gasteiger partial charge in [0.05, 0.1) is 19.0 Å². The highest BCUT2D eigenvalue weighted by Gasteiger charge is 2.14. The van der Waals surface area contributed by atoms with E-state index < -0.39 is 0 Å². The first-order chi connectivity index (χ1) is 7.83. The lowest BCUT2D eigenvalue weighted by Gasteiger charge is -2.21. The van der Waals surface area contributed by atoms with Gasteiger partial charge in [0.15, 0.2) is 0 Å². The van der Waals surface area contributed by atoms with Gasteiger partial charge in [0.1, 0.15) is 0 Å². The SMILES string of the molecule is COCCONC(=O)CSC1CCNCC1. The third-order valence-corrected chi connectivity index (χ3v) is 3.68. The van der Waals surface area contributed by atoms with E-state index in [0.29, 0.717) is 24.2 Å². The fourth-order valence-electron chi connectivity index (χ4n) is 1.44. The number of hydrogen-bond donors (Lipinski definition) is 2. The van der Waals surface area contributed by atoms with E-state index >= 15 is 0 Å². The molecular formula is C10H20N2O3S. The molecule has 0 radical (unpaired) electrons. The molecule has 1 aliphatic heterocycles. The van der Waals surface area contributed by atoms with Crippen LogP contribution in [0.2, 0.25) is 0 Å². The van der Waals surface area contributed by atoms with Crippen LogP contribution in [0.25, 0.3) is 0 Å². The first-order valence-corrected chi connectivity index (χ1v) is 6.59. The average Bonchev–Trinajstić information content (AvgIpc) is 2.33. The summed E-state index contributed by atoms with van der Waals surface area (Å²) in [5.74, 6) is 0.400. The second-order valence-corrected chi connectivity index (χ2v) is 4.92. The Morgan fingerprint density at radius 2 is 2.19 bits per heavy atom. The highest BCUT2D eigenvalue weighted by Crippen LogP contribution is 2.19. The van der Waals surface area contributed by atoms with Crippen LogP contribution in [0.15, 0.2) is 0 Å². The minimum Gasteiger partial charge on any atom is -0.382 e. The van der Waals surface area contributed by atoms with E-state index in [1.165, 1.54) is 0 Å². The Labute approximate surface area is 101 Å². The van der Waals surface area contributed by atoms with Crippen molar-refractivity contribution in [1.29, 1.82) is 0 Å². The van der Waals surface area contributed by atoms with E-state index in [4.69, 9.17) is 9.57 Å². The van der Waals surface area contributed by atoms with Crippen LogP contribution in [0.4, 0.5) is 0 Å². The first kappa shape index (κ1) is 13.8. The summed E-state index contributed by atoms with van der Waals surface area (Å²) >= 11 is 1.71. The average molecular weight is 248 g/mol. The molecular weight excluding hydrogens is 228 g/mol. The number of carbonyl (C=O) groups is 1. The minimum atomic E-state index is -0.0698. The zero-order valence-electron chi connectivity index (χ0n) is 9.66. The number of carbonyl (C=O) groups excluding carboxylic acids is 1. The van der Waals surface area contributed by atoms with Crippen molar-refractivity contribution in [3.8, 4) is 0 Å². The number of methoxy groups -OCH3 is 1. The molecule has 2 N–H and O–H groups in total. The maximum Gasteiger partial charge on any atom is 0.253 e. The van der Waals surface area contributed by atoms with E-state index in [0.717, 1.165) is 25.9 Å². The fourth-order valence-corrected chi connectivity index (χ4v) is 2.46. The topological polar surface area (TPSA) is 59.6 Å². The van der Waals surface area contributed by atoms with Crippen molar-refractivity contribution in [1.82, 2.24) is 10.8 Å². The van der Waals surface area contributed by atoms with Crippen molar-refractivity contribution in [3.05, 3.63) is 0 Å². The standard InChI is InChI=1S/C10H20N2O3S/c1-14-6-7-15-12-10(13)8-16-9-2-4-11-5-3-9/h9,11H,2-8H2,1H3,(H,12,13). The summed E-state index contributed by atoms with van der Waals surface area (Å²) in [6.45, 7) is 3.00. The number of hydroxylamine groups is 1. The van der Waals surface area contributed by atoms with Gasteiger partial charge in [-0.05, 0) is 25.9 Å². The Kier molecular flexibility index (Phi) is 7.58. The molecule has 0 aromatic heterocycles. The van der Waals surface area contributed by atoms with Crippen molar-refractivity contribution in [2.75, 3.05) is 39.2 Å². The van der Waals surface area contributed by atoms with Crippen LogP contribution in [-0.4, -0.2) is 50.3 Å². The maximum absolute atomic E-state index is 11.3. The van der Waals surface area contributed by atoms with E-state index in [9.17, 15) is 4.79 Å². The molecule has 1 saturated heterocycles. The van der Waals surface area contributed by atoms with E-state index in [-0.39, 0.29) is 5.91 Å². The number of hydrogen-bond acceptors (Lipinski definition) is 5. The Morgan fingerprint density at radius 1 is 1.44 bits per heavy atom. The zero-order chi connectivity index (χ0) is 11.6. The van der Waals surface area contributed by atoms with E-state index in [1.807, 2.05) is 0 Å². The lowest BCUT2D eigenvalue weighted by molar-refractivity contribution is -0.131. The summed E-state index contributed by atoms with van der Waals surface area (Å²) in [6, 6.07) is 0. The monoisotopic (exact) mass is 248 g/mol. The molecule has 0 aromatic rings. The molecule has 0 saturated carbocycles. The summed E-state index contributed by atoms with van der Waals surface area (Å²) < 4.78 is 4.79. The minimum absolute atomic E-state index is 0.0698. The lowest BCUT2D eigenvalue weighted by Crippen LogP contribution is -2.31. The predicted molar refractivity (Wildman–Crippen MR) is 64.3 cm³/mol. The molecule has 0 unspecified atom stereocenters. The predicted octanol–water partition coefficient (Wildman–Crippen LogP) is 0.166. The molecule has 0 bridgehead atoms. The molecule has 1 rings (SSSR count). The highest BCUT2D eigenvalue weighted by atomic mass is 32.2. The molecule has 6 heteroatoms. The van der Waals surface area contributed by atoms with Gasteiger partial charge in [-0.1, -0.05) is 0 Å². The Bertz CT molecular complexity index is 199. The summed E-state index contributed by atoms with van der Waals surface area (Å²) in [7, 11) is 1.60. The quantitative estimate of drug-likeness (QED) is 0.497. The number of rotatable bonds is 7. The van der Waals surface area contributed by atoms with E-state index in [2.05, 4.69) is 10.8 Å². The van der Waals surface area contributed by atoms with Gasteiger partial charge in [-0.25, -0.2) is 5.48 Å². The lowest BCUT2D eigenvalue weighted by atomic mass is 10.2. The number of amides is 1. The molecule has 1 heterocycles. The third kappa shape index (κ3) is 6.32.